The van der Waals surface area contributed by atoms with Crippen molar-refractivity contribution in [2.24, 2.45) is 5.92 Å². The Morgan fingerprint density at radius 2 is 2.00 bits per heavy atom. The van der Waals surface area contributed by atoms with Gasteiger partial charge in [-0.15, -0.1) is 0 Å². The lowest BCUT2D eigenvalue weighted by molar-refractivity contribution is -0.134. The lowest BCUT2D eigenvalue weighted by atomic mass is 10.2. The normalized spacial score (nSPS) is 12.9. The Bertz CT molecular complexity index is 183. The molecular formula is C11H24N2O2. The van der Waals surface area contributed by atoms with E-state index in [1.54, 1.807) is 14.2 Å². The highest BCUT2D eigenvalue weighted by Gasteiger charge is 2.19. The second-order valence-electron chi connectivity index (χ2n) is 4.18. The number of amides is 1. The zero-order valence-electron chi connectivity index (χ0n) is 10.5. The van der Waals surface area contributed by atoms with E-state index >= 15 is 0 Å². The fraction of sp³-hybridized carbons (Fsp3) is 0.909. The van der Waals surface area contributed by atoms with E-state index in [0.717, 1.165) is 6.54 Å². The van der Waals surface area contributed by atoms with Gasteiger partial charge in [-0.05, 0) is 19.9 Å². The van der Waals surface area contributed by atoms with Crippen LogP contribution in [-0.4, -0.2) is 50.7 Å². The molecule has 4 nitrogen and oxygen atoms in total. The summed E-state index contributed by atoms with van der Waals surface area (Å²) in [7, 11) is 3.45. The molecule has 1 unspecified atom stereocenters. The lowest BCUT2D eigenvalue weighted by Gasteiger charge is -2.27. The Kier molecular flexibility index (Phi) is 7.34. The summed E-state index contributed by atoms with van der Waals surface area (Å²) < 4.78 is 5.00. The third-order valence-electron chi connectivity index (χ3n) is 2.27. The van der Waals surface area contributed by atoms with E-state index in [1.165, 1.54) is 0 Å². The number of rotatable bonds is 7. The van der Waals surface area contributed by atoms with Gasteiger partial charge in [-0.2, -0.15) is 0 Å². The Balaban J connectivity index is 4.26. The summed E-state index contributed by atoms with van der Waals surface area (Å²) in [4.78, 5) is 13.8. The van der Waals surface area contributed by atoms with Crippen molar-refractivity contribution in [1.82, 2.24) is 10.2 Å². The van der Waals surface area contributed by atoms with Crippen LogP contribution in [0.15, 0.2) is 0 Å². The number of carbonyl (C=O) groups is 1. The Morgan fingerprint density at radius 1 is 1.40 bits per heavy atom. The predicted octanol–water partition coefficient (Wildman–Crippen LogP) is 0.725. The van der Waals surface area contributed by atoms with Crippen LogP contribution in [0.25, 0.3) is 0 Å². The van der Waals surface area contributed by atoms with Gasteiger partial charge < -0.3 is 15.0 Å². The summed E-state index contributed by atoms with van der Waals surface area (Å²) in [6.45, 7) is 8.14. The van der Waals surface area contributed by atoms with E-state index < -0.39 is 0 Å². The first-order valence-electron chi connectivity index (χ1n) is 5.47. The molecule has 0 aromatic heterocycles. The zero-order valence-corrected chi connectivity index (χ0v) is 10.5. The van der Waals surface area contributed by atoms with E-state index in [4.69, 9.17) is 4.74 Å². The maximum atomic E-state index is 11.9. The maximum Gasteiger partial charge on any atom is 0.239 e. The number of nitrogens with zero attached hydrogens (tertiary/aromatic N) is 1. The SMILES string of the molecule is CNC(C)C(=O)N(CCOC)CC(C)C. The van der Waals surface area contributed by atoms with Gasteiger partial charge in [0.25, 0.3) is 0 Å². The van der Waals surface area contributed by atoms with Crippen LogP contribution >= 0.6 is 0 Å². The quantitative estimate of drug-likeness (QED) is 0.682. The van der Waals surface area contributed by atoms with Gasteiger partial charge in [0.15, 0.2) is 0 Å². The van der Waals surface area contributed by atoms with Gasteiger partial charge in [0.1, 0.15) is 0 Å². The van der Waals surface area contributed by atoms with Gasteiger partial charge in [-0.1, -0.05) is 13.8 Å². The Labute approximate surface area is 93.0 Å². The van der Waals surface area contributed by atoms with Gasteiger partial charge >= 0.3 is 0 Å². The molecule has 0 aromatic carbocycles. The van der Waals surface area contributed by atoms with Crippen molar-refractivity contribution in [3.05, 3.63) is 0 Å². The lowest BCUT2D eigenvalue weighted by Crippen LogP contribution is -2.46. The smallest absolute Gasteiger partial charge is 0.239 e. The third kappa shape index (κ3) is 5.74. The molecule has 0 aliphatic rings. The van der Waals surface area contributed by atoms with Gasteiger partial charge in [-0.3, -0.25) is 4.79 Å². The van der Waals surface area contributed by atoms with Crippen molar-refractivity contribution in [1.29, 1.82) is 0 Å². The van der Waals surface area contributed by atoms with Gasteiger partial charge in [0.2, 0.25) is 5.91 Å². The third-order valence-corrected chi connectivity index (χ3v) is 2.27. The minimum absolute atomic E-state index is 0.124. The molecule has 0 aromatic rings. The minimum atomic E-state index is -0.124. The number of nitrogens with one attached hydrogen (secondary N) is 1. The summed E-state index contributed by atoms with van der Waals surface area (Å²) in [5, 5.41) is 2.96. The predicted molar refractivity (Wildman–Crippen MR) is 61.8 cm³/mol. The summed E-state index contributed by atoms with van der Waals surface area (Å²) in [5.74, 6) is 0.623. The summed E-state index contributed by atoms with van der Waals surface area (Å²) in [6.07, 6.45) is 0. The van der Waals surface area contributed by atoms with Crippen molar-refractivity contribution >= 4 is 5.91 Å². The van der Waals surface area contributed by atoms with Crippen molar-refractivity contribution in [3.8, 4) is 0 Å². The summed E-state index contributed by atoms with van der Waals surface area (Å²) in [6, 6.07) is -0.124. The van der Waals surface area contributed by atoms with Gasteiger partial charge in [-0.25, -0.2) is 0 Å². The maximum absolute atomic E-state index is 11.9. The second-order valence-corrected chi connectivity index (χ2v) is 4.18. The first-order chi connectivity index (χ1) is 7.02. The van der Waals surface area contributed by atoms with Crippen LogP contribution in [0.4, 0.5) is 0 Å². The molecule has 0 aliphatic heterocycles. The number of hydrogen-bond acceptors (Lipinski definition) is 3. The largest absolute Gasteiger partial charge is 0.383 e. The second kappa shape index (κ2) is 7.65. The van der Waals surface area contributed by atoms with Crippen LogP contribution < -0.4 is 5.32 Å². The highest BCUT2D eigenvalue weighted by molar-refractivity contribution is 5.81. The summed E-state index contributed by atoms with van der Waals surface area (Å²) >= 11 is 0. The first-order valence-corrected chi connectivity index (χ1v) is 5.47. The molecule has 0 spiro atoms. The van der Waals surface area contributed by atoms with E-state index in [0.29, 0.717) is 19.1 Å². The zero-order chi connectivity index (χ0) is 11.8. The van der Waals surface area contributed by atoms with Crippen LogP contribution in [0.5, 0.6) is 0 Å². The average molecular weight is 216 g/mol. The fourth-order valence-corrected chi connectivity index (χ4v) is 1.33. The molecule has 15 heavy (non-hydrogen) atoms. The molecule has 0 saturated heterocycles. The number of hydrogen-bond donors (Lipinski definition) is 1. The first kappa shape index (κ1) is 14.4. The Morgan fingerprint density at radius 3 is 2.40 bits per heavy atom. The van der Waals surface area contributed by atoms with Crippen molar-refractivity contribution in [3.63, 3.8) is 0 Å². The molecule has 0 radical (unpaired) electrons. The van der Waals surface area contributed by atoms with Crippen molar-refractivity contribution < 1.29 is 9.53 Å². The molecule has 90 valence electrons. The van der Waals surface area contributed by atoms with Crippen LogP contribution in [0.2, 0.25) is 0 Å². The molecule has 0 saturated carbocycles. The molecule has 0 fully saturated rings. The van der Waals surface area contributed by atoms with Crippen LogP contribution in [0, 0.1) is 5.92 Å². The van der Waals surface area contributed by atoms with Crippen molar-refractivity contribution in [2.45, 2.75) is 26.8 Å². The van der Waals surface area contributed by atoms with Crippen molar-refractivity contribution in [2.75, 3.05) is 33.9 Å². The van der Waals surface area contributed by atoms with Crippen LogP contribution in [-0.2, 0) is 9.53 Å². The van der Waals surface area contributed by atoms with E-state index in [9.17, 15) is 4.79 Å². The number of carbonyl (C=O) groups excluding carboxylic acids is 1. The molecule has 1 amide bonds. The van der Waals surface area contributed by atoms with Crippen LogP contribution in [0.3, 0.4) is 0 Å². The average Bonchev–Trinajstić information content (AvgIpc) is 2.21. The monoisotopic (exact) mass is 216 g/mol. The Hall–Kier alpha value is -0.610. The molecule has 0 aliphatic carbocycles. The number of methoxy groups -OCH3 is 1. The topological polar surface area (TPSA) is 41.6 Å². The fourth-order valence-electron chi connectivity index (χ4n) is 1.33. The molecule has 0 heterocycles. The number of likely N-dealkylation sites (N-methyl/N-ethyl adjacent to an activating group) is 1. The minimum Gasteiger partial charge on any atom is -0.383 e. The van der Waals surface area contributed by atoms with Crippen LogP contribution in [0.1, 0.15) is 20.8 Å². The van der Waals surface area contributed by atoms with Gasteiger partial charge in [0, 0.05) is 20.2 Å². The number of ether oxygens (including phenoxy) is 1. The van der Waals surface area contributed by atoms with E-state index in [-0.39, 0.29) is 11.9 Å². The highest BCUT2D eigenvalue weighted by Crippen LogP contribution is 2.01. The standard InChI is InChI=1S/C11H24N2O2/c1-9(2)8-13(6-7-15-5)11(14)10(3)12-4/h9-10,12H,6-8H2,1-5H3. The summed E-state index contributed by atoms with van der Waals surface area (Å²) in [5.41, 5.74) is 0. The van der Waals surface area contributed by atoms with E-state index in [2.05, 4.69) is 19.2 Å². The molecular weight excluding hydrogens is 192 g/mol. The van der Waals surface area contributed by atoms with Gasteiger partial charge in [0.05, 0.1) is 12.6 Å². The molecule has 4 heteroatoms. The van der Waals surface area contributed by atoms with E-state index in [1.807, 2.05) is 11.8 Å². The molecule has 0 bridgehead atoms. The molecule has 1 N–H and O–H groups in total. The molecule has 0 rings (SSSR count). The molecule has 1 atom stereocenters. The highest BCUT2D eigenvalue weighted by atomic mass is 16.5.